The lowest BCUT2D eigenvalue weighted by Gasteiger charge is -2.24. The molecule has 0 bridgehead atoms. The molecule has 2 nitrogen and oxygen atoms in total. The smallest absolute Gasteiger partial charge is 0.0176 e. The third-order valence-corrected chi connectivity index (χ3v) is 5.37. The first-order valence-electron chi connectivity index (χ1n) is 9.59. The molecule has 0 heterocycles. The van der Waals surface area contributed by atoms with Gasteiger partial charge < -0.3 is 10.2 Å². The van der Waals surface area contributed by atoms with Crippen molar-refractivity contribution in [3.05, 3.63) is 30.3 Å². The van der Waals surface area contributed by atoms with Gasteiger partial charge in [-0.05, 0) is 51.0 Å². The van der Waals surface area contributed by atoms with Crippen LogP contribution in [-0.2, 0) is 0 Å². The van der Waals surface area contributed by atoms with Crippen LogP contribution >= 0.6 is 11.8 Å². The lowest BCUT2D eigenvalue weighted by molar-refractivity contribution is 0.298. The highest BCUT2D eigenvalue weighted by Crippen LogP contribution is 2.19. The lowest BCUT2D eigenvalue weighted by Crippen LogP contribution is -2.39. The largest absolute Gasteiger partial charge is 0.311 e. The fourth-order valence-electron chi connectivity index (χ4n) is 2.82. The summed E-state index contributed by atoms with van der Waals surface area (Å²) in [5, 5.41) is 3.74. The molecule has 1 atom stereocenters. The summed E-state index contributed by atoms with van der Waals surface area (Å²) in [7, 11) is 2.27. The zero-order valence-corrected chi connectivity index (χ0v) is 17.2. The minimum absolute atomic E-state index is 0.544. The summed E-state index contributed by atoms with van der Waals surface area (Å²) in [6.07, 6.45) is 5.27. The molecule has 3 heteroatoms. The Morgan fingerprint density at radius 3 is 2.29 bits per heavy atom. The summed E-state index contributed by atoms with van der Waals surface area (Å²) >= 11 is 1.97. The molecule has 0 spiro atoms. The normalized spacial score (nSPS) is 13.2. The van der Waals surface area contributed by atoms with Crippen LogP contribution in [0.5, 0.6) is 0 Å². The Morgan fingerprint density at radius 2 is 1.67 bits per heavy atom. The van der Waals surface area contributed by atoms with Crippen LogP contribution in [0.2, 0.25) is 0 Å². The molecule has 1 aromatic carbocycles. The molecular weight excluding hydrogens is 312 g/mol. The third kappa shape index (κ3) is 11.1. The van der Waals surface area contributed by atoms with E-state index in [1.165, 1.54) is 43.7 Å². The first-order chi connectivity index (χ1) is 11.5. The second-order valence-corrected chi connectivity index (χ2v) is 8.72. The van der Waals surface area contributed by atoms with Crippen LogP contribution in [0, 0.1) is 5.92 Å². The van der Waals surface area contributed by atoms with Crippen LogP contribution in [0.4, 0.5) is 0 Å². The molecule has 0 aliphatic carbocycles. The SMILES string of the molecule is CC(C)CCCCN(C)CC[C@H](CSc1ccccc1)NC(C)C. The Hall–Kier alpha value is -0.510. The Morgan fingerprint density at radius 1 is 0.958 bits per heavy atom. The first kappa shape index (κ1) is 21.5. The van der Waals surface area contributed by atoms with E-state index < -0.39 is 0 Å². The number of benzene rings is 1. The molecule has 0 amide bonds. The van der Waals surface area contributed by atoms with E-state index in [-0.39, 0.29) is 0 Å². The van der Waals surface area contributed by atoms with Gasteiger partial charge in [-0.1, -0.05) is 58.7 Å². The van der Waals surface area contributed by atoms with Crippen molar-refractivity contribution in [3.8, 4) is 0 Å². The molecule has 1 rings (SSSR count). The second kappa shape index (κ2) is 12.8. The molecule has 1 N–H and O–H groups in total. The van der Waals surface area contributed by atoms with E-state index in [1.807, 2.05) is 11.8 Å². The minimum Gasteiger partial charge on any atom is -0.311 e. The minimum atomic E-state index is 0.544. The van der Waals surface area contributed by atoms with Gasteiger partial charge in [0.25, 0.3) is 0 Å². The van der Waals surface area contributed by atoms with Gasteiger partial charge in [0.2, 0.25) is 0 Å². The Kier molecular flexibility index (Phi) is 11.5. The van der Waals surface area contributed by atoms with E-state index >= 15 is 0 Å². The molecule has 1 aromatic rings. The Balaban J connectivity index is 2.28. The summed E-state index contributed by atoms with van der Waals surface area (Å²) in [6.45, 7) is 11.5. The predicted molar refractivity (Wildman–Crippen MR) is 110 cm³/mol. The number of hydrogen-bond donors (Lipinski definition) is 1. The van der Waals surface area contributed by atoms with Gasteiger partial charge in [-0.3, -0.25) is 0 Å². The van der Waals surface area contributed by atoms with Crippen molar-refractivity contribution < 1.29 is 0 Å². The summed E-state index contributed by atoms with van der Waals surface area (Å²) in [4.78, 5) is 3.87. The summed E-state index contributed by atoms with van der Waals surface area (Å²) in [5.41, 5.74) is 0. The van der Waals surface area contributed by atoms with Gasteiger partial charge in [0.15, 0.2) is 0 Å². The number of rotatable bonds is 13. The van der Waals surface area contributed by atoms with Crippen LogP contribution in [0.3, 0.4) is 0 Å². The molecule has 0 aromatic heterocycles. The molecule has 0 saturated heterocycles. The van der Waals surface area contributed by atoms with Crippen LogP contribution < -0.4 is 5.32 Å². The zero-order chi connectivity index (χ0) is 17.8. The maximum Gasteiger partial charge on any atom is 0.0176 e. The number of hydrogen-bond acceptors (Lipinski definition) is 3. The maximum atomic E-state index is 3.74. The average Bonchev–Trinajstić information content (AvgIpc) is 2.54. The first-order valence-corrected chi connectivity index (χ1v) is 10.6. The molecular formula is C21H38N2S. The Bertz CT molecular complexity index is 406. The van der Waals surface area contributed by atoms with Crippen LogP contribution in [0.25, 0.3) is 0 Å². The van der Waals surface area contributed by atoms with E-state index in [1.54, 1.807) is 0 Å². The van der Waals surface area contributed by atoms with Crippen molar-refractivity contribution in [2.75, 3.05) is 25.9 Å². The lowest BCUT2D eigenvalue weighted by atomic mass is 10.1. The highest BCUT2D eigenvalue weighted by molar-refractivity contribution is 7.99. The van der Waals surface area contributed by atoms with Crippen molar-refractivity contribution >= 4 is 11.8 Å². The van der Waals surface area contributed by atoms with Gasteiger partial charge in [0, 0.05) is 22.7 Å². The molecule has 0 aliphatic rings. The quantitative estimate of drug-likeness (QED) is 0.384. The molecule has 0 aliphatic heterocycles. The predicted octanol–water partition coefficient (Wildman–Crippen LogP) is 5.29. The van der Waals surface area contributed by atoms with Crippen LogP contribution in [-0.4, -0.2) is 42.9 Å². The fraction of sp³-hybridized carbons (Fsp3) is 0.714. The summed E-state index contributed by atoms with van der Waals surface area (Å²) in [6, 6.07) is 11.9. The standard InChI is InChI=1S/C21H38N2S/c1-18(2)11-9-10-15-23(5)16-14-20(22-19(3)4)17-24-21-12-7-6-8-13-21/h6-8,12-13,18-20,22H,9-11,14-17H2,1-5H3/t20-/m1/s1. The zero-order valence-electron chi connectivity index (χ0n) is 16.4. The van der Waals surface area contributed by atoms with Crippen molar-refractivity contribution in [2.24, 2.45) is 5.92 Å². The van der Waals surface area contributed by atoms with Crippen LogP contribution in [0.15, 0.2) is 35.2 Å². The van der Waals surface area contributed by atoms with E-state index in [0.29, 0.717) is 12.1 Å². The Labute approximate surface area is 154 Å². The van der Waals surface area contributed by atoms with Gasteiger partial charge in [0.1, 0.15) is 0 Å². The fourth-order valence-corrected chi connectivity index (χ4v) is 3.83. The second-order valence-electron chi connectivity index (χ2n) is 7.62. The number of thioether (sulfide) groups is 1. The highest BCUT2D eigenvalue weighted by atomic mass is 32.2. The molecule has 24 heavy (non-hydrogen) atoms. The topological polar surface area (TPSA) is 15.3 Å². The van der Waals surface area contributed by atoms with Crippen molar-refractivity contribution in [3.63, 3.8) is 0 Å². The summed E-state index contributed by atoms with van der Waals surface area (Å²) < 4.78 is 0. The van der Waals surface area contributed by atoms with Crippen molar-refractivity contribution in [1.29, 1.82) is 0 Å². The van der Waals surface area contributed by atoms with Crippen LogP contribution in [0.1, 0.15) is 53.4 Å². The van der Waals surface area contributed by atoms with Gasteiger partial charge in [0.05, 0.1) is 0 Å². The van der Waals surface area contributed by atoms with E-state index in [0.717, 1.165) is 11.7 Å². The monoisotopic (exact) mass is 350 g/mol. The van der Waals surface area contributed by atoms with Gasteiger partial charge >= 0.3 is 0 Å². The molecule has 0 radical (unpaired) electrons. The van der Waals surface area contributed by atoms with Gasteiger partial charge in [-0.15, -0.1) is 11.8 Å². The number of nitrogens with one attached hydrogen (secondary N) is 1. The number of unbranched alkanes of at least 4 members (excludes halogenated alkanes) is 1. The highest BCUT2D eigenvalue weighted by Gasteiger charge is 2.12. The van der Waals surface area contributed by atoms with E-state index in [9.17, 15) is 0 Å². The maximum absolute atomic E-state index is 3.74. The molecule has 0 unspecified atom stereocenters. The van der Waals surface area contributed by atoms with E-state index in [2.05, 4.69) is 75.3 Å². The third-order valence-electron chi connectivity index (χ3n) is 4.19. The van der Waals surface area contributed by atoms with Gasteiger partial charge in [-0.25, -0.2) is 0 Å². The summed E-state index contributed by atoms with van der Waals surface area (Å²) in [5.74, 6) is 1.98. The van der Waals surface area contributed by atoms with E-state index in [4.69, 9.17) is 0 Å². The molecule has 0 saturated carbocycles. The average molecular weight is 351 g/mol. The molecule has 138 valence electrons. The number of nitrogens with zero attached hydrogens (tertiary/aromatic N) is 1. The van der Waals surface area contributed by atoms with Crippen molar-refractivity contribution in [2.45, 2.75) is 70.4 Å². The molecule has 0 fully saturated rings. The van der Waals surface area contributed by atoms with Gasteiger partial charge in [-0.2, -0.15) is 0 Å². The van der Waals surface area contributed by atoms with Crippen molar-refractivity contribution in [1.82, 2.24) is 10.2 Å².